The second-order valence-electron chi connectivity index (χ2n) is 6.74. The summed E-state index contributed by atoms with van der Waals surface area (Å²) in [5.41, 5.74) is 2.03. The number of ether oxygens (including phenoxy) is 2. The molecular weight excluding hydrogens is 338 g/mol. The van der Waals surface area contributed by atoms with Crippen LogP contribution in [0.1, 0.15) is 34.6 Å². The van der Waals surface area contributed by atoms with Gasteiger partial charge in [0.1, 0.15) is 36.1 Å². The van der Waals surface area contributed by atoms with Crippen molar-refractivity contribution >= 4 is 11.4 Å². The van der Waals surface area contributed by atoms with Crippen molar-refractivity contribution in [1.82, 2.24) is 4.90 Å². The lowest BCUT2D eigenvalue weighted by Gasteiger charge is -2.32. The normalized spacial score (nSPS) is 23.6. The monoisotopic (exact) mass is 370 g/mol. The van der Waals surface area contributed by atoms with Crippen molar-refractivity contribution in [2.45, 2.75) is 46.7 Å². The van der Waals surface area contributed by atoms with Crippen molar-refractivity contribution in [3.05, 3.63) is 47.7 Å². The van der Waals surface area contributed by atoms with Gasteiger partial charge in [0.25, 0.3) is 0 Å². The topological polar surface area (TPSA) is 37.1 Å². The largest absolute Gasteiger partial charge is 0.495 e. The summed E-state index contributed by atoms with van der Waals surface area (Å²) in [6.45, 7) is 15.2. The Balaban J connectivity index is 1.99. The summed E-state index contributed by atoms with van der Waals surface area (Å²) < 4.78 is 14.6. The summed E-state index contributed by atoms with van der Waals surface area (Å²) in [5.74, 6) is 2.57. The Morgan fingerprint density at radius 1 is 1.11 bits per heavy atom. The van der Waals surface area contributed by atoms with Gasteiger partial charge in [0.2, 0.25) is 5.71 Å². The number of allylic oxidation sites excluding steroid dienone is 3. The van der Waals surface area contributed by atoms with Gasteiger partial charge in [-0.3, -0.25) is 9.89 Å². The predicted molar refractivity (Wildman–Crippen MR) is 110 cm³/mol. The highest BCUT2D eigenvalue weighted by atomic mass is 16.5. The molecular formula is C22H32N3O2+. The SMILES string of the molecule is CCOC1=CC(=[N+](CC)CC)C=C2OC3=CC(N(CC)CC)C=CC3=NC12. The van der Waals surface area contributed by atoms with Crippen molar-refractivity contribution in [3.8, 4) is 0 Å². The van der Waals surface area contributed by atoms with E-state index in [4.69, 9.17) is 14.5 Å². The molecule has 0 aromatic heterocycles. The minimum atomic E-state index is -0.189. The first-order valence-electron chi connectivity index (χ1n) is 10.2. The number of nitrogens with zero attached hydrogens (tertiary/aromatic N) is 3. The maximum Gasteiger partial charge on any atom is 0.206 e. The fourth-order valence-electron chi connectivity index (χ4n) is 3.80. The van der Waals surface area contributed by atoms with Crippen molar-refractivity contribution in [3.63, 3.8) is 0 Å². The molecule has 1 heterocycles. The molecule has 27 heavy (non-hydrogen) atoms. The van der Waals surface area contributed by atoms with Crippen LogP contribution in [0.2, 0.25) is 0 Å². The number of hydrogen-bond acceptors (Lipinski definition) is 4. The fraction of sp³-hybridized carbons (Fsp3) is 0.545. The van der Waals surface area contributed by atoms with E-state index >= 15 is 0 Å². The Hall–Kier alpha value is -2.14. The van der Waals surface area contributed by atoms with E-state index in [0.717, 1.165) is 54.9 Å². The maximum atomic E-state index is 6.35. The van der Waals surface area contributed by atoms with Gasteiger partial charge in [0.05, 0.1) is 18.7 Å². The zero-order valence-corrected chi connectivity index (χ0v) is 17.2. The van der Waals surface area contributed by atoms with Crippen molar-refractivity contribution in [2.75, 3.05) is 32.8 Å². The Morgan fingerprint density at radius 2 is 1.85 bits per heavy atom. The molecule has 3 aliphatic rings. The molecule has 3 rings (SSSR count). The zero-order valence-electron chi connectivity index (χ0n) is 17.2. The van der Waals surface area contributed by atoms with Crippen LogP contribution in [-0.4, -0.2) is 65.8 Å². The molecule has 0 saturated heterocycles. The Bertz CT molecular complexity index is 746. The van der Waals surface area contributed by atoms with Crippen molar-refractivity contribution in [2.24, 2.45) is 4.99 Å². The number of hydrogen-bond donors (Lipinski definition) is 0. The highest BCUT2D eigenvalue weighted by molar-refractivity contribution is 6.10. The van der Waals surface area contributed by atoms with E-state index in [1.54, 1.807) is 0 Å². The maximum absolute atomic E-state index is 6.35. The first-order valence-corrected chi connectivity index (χ1v) is 10.2. The van der Waals surface area contributed by atoms with Crippen LogP contribution in [0.25, 0.3) is 0 Å². The zero-order chi connectivity index (χ0) is 19.4. The van der Waals surface area contributed by atoms with Crippen LogP contribution in [0.3, 0.4) is 0 Å². The van der Waals surface area contributed by atoms with E-state index in [1.807, 2.05) is 6.92 Å². The third-order valence-corrected chi connectivity index (χ3v) is 5.31. The van der Waals surface area contributed by atoms with E-state index in [1.165, 1.54) is 0 Å². The molecule has 1 aliphatic heterocycles. The lowest BCUT2D eigenvalue weighted by atomic mass is 9.99. The van der Waals surface area contributed by atoms with Gasteiger partial charge in [-0.15, -0.1) is 0 Å². The average molecular weight is 371 g/mol. The summed E-state index contributed by atoms with van der Waals surface area (Å²) in [5, 5.41) is 0. The van der Waals surface area contributed by atoms with Crippen LogP contribution in [0.4, 0.5) is 0 Å². The first kappa shape index (κ1) is 19.6. The number of likely N-dealkylation sites (N-methyl/N-ethyl adjacent to an activating group) is 1. The molecule has 0 fully saturated rings. The average Bonchev–Trinajstić information content (AvgIpc) is 2.69. The molecule has 146 valence electrons. The first-order chi connectivity index (χ1) is 13.1. The Morgan fingerprint density at radius 3 is 2.48 bits per heavy atom. The van der Waals surface area contributed by atoms with Crippen LogP contribution in [0.5, 0.6) is 0 Å². The van der Waals surface area contributed by atoms with Crippen molar-refractivity contribution in [1.29, 1.82) is 0 Å². The van der Waals surface area contributed by atoms with Crippen LogP contribution in [0.15, 0.2) is 52.6 Å². The molecule has 5 nitrogen and oxygen atoms in total. The van der Waals surface area contributed by atoms with Gasteiger partial charge in [0.15, 0.2) is 6.04 Å². The Labute approximate surface area is 163 Å². The smallest absolute Gasteiger partial charge is 0.206 e. The van der Waals surface area contributed by atoms with Gasteiger partial charge in [-0.25, -0.2) is 4.58 Å². The van der Waals surface area contributed by atoms with Crippen LogP contribution >= 0.6 is 0 Å². The molecule has 0 amide bonds. The lowest BCUT2D eigenvalue weighted by Crippen LogP contribution is -2.36. The summed E-state index contributed by atoms with van der Waals surface area (Å²) in [6, 6.07) is 0.0638. The van der Waals surface area contributed by atoms with Gasteiger partial charge >= 0.3 is 0 Å². The molecule has 0 aromatic rings. The molecule has 0 radical (unpaired) electrons. The van der Waals surface area contributed by atoms with E-state index in [9.17, 15) is 0 Å². The van der Waals surface area contributed by atoms with Gasteiger partial charge in [-0.1, -0.05) is 19.9 Å². The summed E-state index contributed by atoms with van der Waals surface area (Å²) in [4.78, 5) is 7.33. The second kappa shape index (κ2) is 8.70. The van der Waals surface area contributed by atoms with Gasteiger partial charge in [-0.05, 0) is 46.0 Å². The van der Waals surface area contributed by atoms with Gasteiger partial charge in [0, 0.05) is 6.08 Å². The van der Waals surface area contributed by atoms with Crippen LogP contribution in [-0.2, 0) is 9.47 Å². The van der Waals surface area contributed by atoms with E-state index < -0.39 is 0 Å². The molecule has 0 N–H and O–H groups in total. The molecule has 0 bridgehead atoms. The van der Waals surface area contributed by atoms with Crippen LogP contribution < -0.4 is 0 Å². The third-order valence-electron chi connectivity index (χ3n) is 5.31. The van der Waals surface area contributed by atoms with Crippen LogP contribution in [0, 0.1) is 0 Å². The quantitative estimate of drug-likeness (QED) is 0.645. The number of fused-ring (bicyclic) bond motifs is 2. The fourth-order valence-corrected chi connectivity index (χ4v) is 3.80. The minimum Gasteiger partial charge on any atom is -0.495 e. The van der Waals surface area contributed by atoms with E-state index in [0.29, 0.717) is 6.61 Å². The van der Waals surface area contributed by atoms with E-state index in [2.05, 4.69) is 67.6 Å². The highest BCUT2D eigenvalue weighted by Crippen LogP contribution is 2.32. The number of aliphatic imine (C=N–C) groups is 1. The lowest BCUT2D eigenvalue weighted by molar-refractivity contribution is -0.519. The molecule has 0 aromatic carbocycles. The molecule has 2 unspecified atom stereocenters. The summed E-state index contributed by atoms with van der Waals surface area (Å²) in [7, 11) is 0. The van der Waals surface area contributed by atoms with Crippen molar-refractivity contribution < 1.29 is 14.0 Å². The highest BCUT2D eigenvalue weighted by Gasteiger charge is 2.35. The molecule has 0 spiro atoms. The second-order valence-corrected chi connectivity index (χ2v) is 6.74. The summed E-state index contributed by atoms with van der Waals surface area (Å²) >= 11 is 0. The van der Waals surface area contributed by atoms with Gasteiger partial charge < -0.3 is 9.47 Å². The standard InChI is InChI=1S/C22H32N3O2/c1-6-24(7-2)16-11-12-18-19(13-16)27-21-15-17(25(8-3)9-4)14-20(26-10-5)22(21)23-18/h11-16,22H,6-10H2,1-5H3/q+1. The predicted octanol–water partition coefficient (Wildman–Crippen LogP) is 3.30. The van der Waals surface area contributed by atoms with E-state index in [-0.39, 0.29) is 12.1 Å². The number of rotatable bonds is 7. The Kier molecular flexibility index (Phi) is 6.32. The van der Waals surface area contributed by atoms with Gasteiger partial charge in [-0.2, -0.15) is 0 Å². The minimum absolute atomic E-state index is 0.189. The molecule has 2 aliphatic carbocycles. The molecule has 2 atom stereocenters. The molecule has 5 heteroatoms. The third kappa shape index (κ3) is 3.93. The summed E-state index contributed by atoms with van der Waals surface area (Å²) in [6.07, 6.45) is 10.7. The molecule has 0 saturated carbocycles.